The van der Waals surface area contributed by atoms with E-state index in [1.807, 2.05) is 62.4 Å². The molecule has 0 bridgehead atoms. The van der Waals surface area contributed by atoms with Gasteiger partial charge in [-0.1, -0.05) is 35.9 Å². The van der Waals surface area contributed by atoms with Crippen molar-refractivity contribution in [2.45, 2.75) is 27.3 Å². The molecule has 29 heavy (non-hydrogen) atoms. The van der Waals surface area contributed by atoms with E-state index < -0.39 is 11.1 Å². The third-order valence-corrected chi connectivity index (χ3v) is 4.90. The molecule has 146 valence electrons. The van der Waals surface area contributed by atoms with Gasteiger partial charge in [-0.2, -0.15) is 0 Å². The standard InChI is InChI=1S/C23H21N3O3/c1-15-9-10-20(16(2)13-15)26-12-11-25(22(27)23(26)28)14-19-17(3)29-21(24-19)18-7-5-4-6-8-18/h4-13H,14H2,1-3H3. The van der Waals surface area contributed by atoms with E-state index in [1.165, 1.54) is 9.13 Å². The molecule has 6 nitrogen and oxygen atoms in total. The monoisotopic (exact) mass is 387 g/mol. The fourth-order valence-corrected chi connectivity index (χ4v) is 3.34. The molecule has 2 aromatic carbocycles. The van der Waals surface area contributed by atoms with Gasteiger partial charge in [0, 0.05) is 18.0 Å². The fourth-order valence-electron chi connectivity index (χ4n) is 3.34. The summed E-state index contributed by atoms with van der Waals surface area (Å²) in [5, 5.41) is 0. The largest absolute Gasteiger partial charge is 0.441 e. The number of hydrogen-bond donors (Lipinski definition) is 0. The Morgan fingerprint density at radius 1 is 0.931 bits per heavy atom. The molecular weight excluding hydrogens is 366 g/mol. The van der Waals surface area contributed by atoms with Crippen LogP contribution in [0, 0.1) is 20.8 Å². The van der Waals surface area contributed by atoms with Crippen LogP contribution >= 0.6 is 0 Å². The second-order valence-corrected chi connectivity index (χ2v) is 7.08. The van der Waals surface area contributed by atoms with E-state index in [1.54, 1.807) is 19.3 Å². The summed E-state index contributed by atoms with van der Waals surface area (Å²) in [5.74, 6) is 1.11. The summed E-state index contributed by atoms with van der Waals surface area (Å²) in [6.07, 6.45) is 3.23. The average molecular weight is 387 g/mol. The predicted octanol–water partition coefficient (Wildman–Crippen LogP) is 3.63. The third kappa shape index (κ3) is 3.57. The van der Waals surface area contributed by atoms with Crippen molar-refractivity contribution in [3.8, 4) is 17.1 Å². The quantitative estimate of drug-likeness (QED) is 0.502. The van der Waals surface area contributed by atoms with Crippen LogP contribution in [0.1, 0.15) is 22.6 Å². The van der Waals surface area contributed by atoms with Gasteiger partial charge in [-0.15, -0.1) is 0 Å². The molecule has 0 N–H and O–H groups in total. The summed E-state index contributed by atoms with van der Waals surface area (Å²) >= 11 is 0. The zero-order valence-electron chi connectivity index (χ0n) is 16.5. The van der Waals surface area contributed by atoms with Crippen molar-refractivity contribution in [1.29, 1.82) is 0 Å². The molecule has 0 saturated heterocycles. The lowest BCUT2D eigenvalue weighted by Crippen LogP contribution is -2.40. The number of aromatic nitrogens is 3. The van der Waals surface area contributed by atoms with Crippen LogP contribution in [0.4, 0.5) is 0 Å². The molecule has 0 radical (unpaired) electrons. The highest BCUT2D eigenvalue weighted by atomic mass is 16.4. The van der Waals surface area contributed by atoms with Crippen LogP contribution in [0.2, 0.25) is 0 Å². The normalized spacial score (nSPS) is 11.0. The molecule has 0 saturated carbocycles. The summed E-state index contributed by atoms with van der Waals surface area (Å²) in [4.78, 5) is 29.9. The van der Waals surface area contributed by atoms with Gasteiger partial charge >= 0.3 is 11.1 Å². The van der Waals surface area contributed by atoms with Crippen LogP contribution in [0.3, 0.4) is 0 Å². The average Bonchev–Trinajstić information content (AvgIpc) is 3.07. The van der Waals surface area contributed by atoms with Crippen LogP contribution in [0.25, 0.3) is 17.1 Å². The summed E-state index contributed by atoms with van der Waals surface area (Å²) < 4.78 is 8.50. The molecule has 0 unspecified atom stereocenters. The summed E-state index contributed by atoms with van der Waals surface area (Å²) in [7, 11) is 0. The number of hydrogen-bond acceptors (Lipinski definition) is 4. The molecule has 0 amide bonds. The maximum atomic E-state index is 12.7. The Hall–Kier alpha value is -3.67. The Balaban J connectivity index is 1.69. The minimum atomic E-state index is -0.601. The van der Waals surface area contributed by atoms with Gasteiger partial charge in [-0.3, -0.25) is 14.2 Å². The van der Waals surface area contributed by atoms with Gasteiger partial charge in [-0.05, 0) is 44.5 Å². The molecule has 6 heteroatoms. The van der Waals surface area contributed by atoms with E-state index >= 15 is 0 Å². The summed E-state index contributed by atoms with van der Waals surface area (Å²) in [6, 6.07) is 15.3. The van der Waals surface area contributed by atoms with Crippen LogP contribution in [-0.2, 0) is 6.54 Å². The number of benzene rings is 2. The van der Waals surface area contributed by atoms with Crippen molar-refractivity contribution in [3.63, 3.8) is 0 Å². The molecular formula is C23H21N3O3. The minimum Gasteiger partial charge on any atom is -0.441 e. The summed E-state index contributed by atoms with van der Waals surface area (Å²) in [6.45, 7) is 5.88. The van der Waals surface area contributed by atoms with Crippen molar-refractivity contribution in [2.75, 3.05) is 0 Å². The van der Waals surface area contributed by atoms with Crippen LogP contribution < -0.4 is 11.1 Å². The number of oxazole rings is 1. The second kappa shape index (κ2) is 7.39. The van der Waals surface area contributed by atoms with Crippen LogP contribution in [0.5, 0.6) is 0 Å². The first-order valence-electron chi connectivity index (χ1n) is 9.35. The molecule has 2 heterocycles. The third-order valence-electron chi connectivity index (χ3n) is 4.90. The van der Waals surface area contributed by atoms with Gasteiger partial charge in [0.05, 0.1) is 12.2 Å². The van der Waals surface area contributed by atoms with Crippen molar-refractivity contribution in [2.24, 2.45) is 0 Å². The van der Waals surface area contributed by atoms with Gasteiger partial charge in [0.15, 0.2) is 0 Å². The number of aryl methyl sites for hydroxylation is 3. The Morgan fingerprint density at radius 3 is 2.41 bits per heavy atom. The lowest BCUT2D eigenvalue weighted by Gasteiger charge is -2.11. The zero-order valence-corrected chi connectivity index (χ0v) is 16.5. The molecule has 0 aliphatic rings. The molecule has 0 spiro atoms. The SMILES string of the molecule is Cc1ccc(-n2ccn(Cc3nc(-c4ccccc4)oc3C)c(=O)c2=O)c(C)c1. The molecule has 0 aliphatic carbocycles. The van der Waals surface area contributed by atoms with E-state index in [9.17, 15) is 9.59 Å². The van der Waals surface area contributed by atoms with Crippen molar-refractivity contribution >= 4 is 0 Å². The van der Waals surface area contributed by atoms with Crippen molar-refractivity contribution < 1.29 is 4.42 Å². The van der Waals surface area contributed by atoms with Gasteiger partial charge in [0.2, 0.25) is 5.89 Å². The smallest absolute Gasteiger partial charge is 0.320 e. The highest BCUT2D eigenvalue weighted by molar-refractivity contribution is 5.53. The van der Waals surface area contributed by atoms with E-state index in [2.05, 4.69) is 4.98 Å². The lowest BCUT2D eigenvalue weighted by atomic mass is 10.1. The van der Waals surface area contributed by atoms with Crippen molar-refractivity contribution in [1.82, 2.24) is 14.1 Å². The van der Waals surface area contributed by atoms with E-state index in [0.29, 0.717) is 23.0 Å². The van der Waals surface area contributed by atoms with Crippen molar-refractivity contribution in [3.05, 3.63) is 104 Å². The second-order valence-electron chi connectivity index (χ2n) is 7.08. The highest BCUT2D eigenvalue weighted by Crippen LogP contribution is 2.21. The molecule has 4 rings (SSSR count). The van der Waals surface area contributed by atoms with Crippen LogP contribution in [0.15, 0.2) is 74.9 Å². The van der Waals surface area contributed by atoms with E-state index in [0.717, 1.165) is 16.7 Å². The predicted molar refractivity (Wildman–Crippen MR) is 112 cm³/mol. The minimum absolute atomic E-state index is 0.171. The van der Waals surface area contributed by atoms with E-state index in [-0.39, 0.29) is 6.54 Å². The topological polar surface area (TPSA) is 70.0 Å². The molecule has 0 aliphatic heterocycles. The zero-order chi connectivity index (χ0) is 20.5. The van der Waals surface area contributed by atoms with E-state index in [4.69, 9.17) is 4.42 Å². The van der Waals surface area contributed by atoms with Gasteiger partial charge in [0.25, 0.3) is 0 Å². The molecule has 0 fully saturated rings. The fraction of sp³-hybridized carbons (Fsp3) is 0.174. The lowest BCUT2D eigenvalue weighted by molar-refractivity contribution is 0.537. The summed E-state index contributed by atoms with van der Waals surface area (Å²) in [5.41, 5.74) is 3.02. The van der Waals surface area contributed by atoms with Gasteiger partial charge in [0.1, 0.15) is 11.5 Å². The van der Waals surface area contributed by atoms with Crippen LogP contribution in [-0.4, -0.2) is 14.1 Å². The maximum Gasteiger partial charge on any atom is 0.320 e. The molecule has 4 aromatic rings. The Bertz CT molecular complexity index is 1300. The first-order chi connectivity index (χ1) is 13.9. The Kier molecular flexibility index (Phi) is 4.76. The highest BCUT2D eigenvalue weighted by Gasteiger charge is 2.14. The Morgan fingerprint density at radius 2 is 1.69 bits per heavy atom. The molecule has 0 atom stereocenters. The Labute approximate surface area is 167 Å². The van der Waals surface area contributed by atoms with Gasteiger partial charge in [-0.25, -0.2) is 4.98 Å². The first-order valence-corrected chi connectivity index (χ1v) is 9.35. The number of nitrogens with zero attached hydrogens (tertiary/aromatic N) is 3. The molecule has 2 aromatic heterocycles. The maximum absolute atomic E-state index is 12.7. The first kappa shape index (κ1) is 18.7. The van der Waals surface area contributed by atoms with Gasteiger partial charge < -0.3 is 8.98 Å². The number of rotatable bonds is 4.